The Morgan fingerprint density at radius 2 is 1.68 bits per heavy atom. The van der Waals surface area contributed by atoms with E-state index in [1.165, 1.54) is 25.3 Å². The minimum absolute atomic E-state index is 0. The zero-order chi connectivity index (χ0) is 32.9. The molecule has 2 aromatic carbocycles. The van der Waals surface area contributed by atoms with Crippen LogP contribution in [-0.4, -0.2) is 82.1 Å². The molecule has 2 aliphatic carbocycles. The molecule has 47 heavy (non-hydrogen) atoms. The van der Waals surface area contributed by atoms with Gasteiger partial charge in [-0.25, -0.2) is 0 Å². The summed E-state index contributed by atoms with van der Waals surface area (Å²) in [6.07, 6.45) is -5.53. The molecule has 1 saturated heterocycles. The van der Waals surface area contributed by atoms with Crippen molar-refractivity contribution in [1.82, 2.24) is 0 Å². The average Bonchev–Trinajstić information content (AvgIpc) is 2.94. The summed E-state index contributed by atoms with van der Waals surface area (Å²) in [5.74, 6) is -4.66. The van der Waals surface area contributed by atoms with Crippen molar-refractivity contribution < 1.29 is 75.2 Å². The van der Waals surface area contributed by atoms with Crippen molar-refractivity contribution in [3.8, 4) is 17.2 Å². The van der Waals surface area contributed by atoms with Crippen molar-refractivity contribution in [3.63, 3.8) is 0 Å². The SMILES string of the molecule is CC(C)(C)N.COc1cccc2c1C(=O)c1c([O-])c3c(c([O-])c1C2=O)CC(O)(C(=O)CO)CC3OC1CC(N)C(O)C(C)O1.Cl.Cl.[Pt+2]. The van der Waals surface area contributed by atoms with Gasteiger partial charge in [0.25, 0.3) is 0 Å². The van der Waals surface area contributed by atoms with E-state index in [2.05, 4.69) is 0 Å². The fraction of sp³-hybridized carbons (Fsp3) is 0.516. The quantitative estimate of drug-likeness (QED) is 0.233. The van der Waals surface area contributed by atoms with Crippen molar-refractivity contribution in [2.75, 3.05) is 13.7 Å². The van der Waals surface area contributed by atoms with Gasteiger partial charge in [-0.15, -0.1) is 24.8 Å². The first-order chi connectivity index (χ1) is 20.4. The standard InChI is InChI=1S/C27H29NO11.C4H11N.2ClH.Pt/c1-10-22(31)13(28)6-17(38-10)39-15-8-27(36,16(30)9-29)7-12-19(15)26(35)21-20(24(12)33)23(32)11-4-3-5-14(37-2)18(11)25(21)34;1-4(2,3)5;;;/h3-5,10,13,15,17,22,29,31,33,35-36H,6-9,28H2,1-2H3;5H2,1-3H3;2*1H;/q;;;;+2/p-2. The molecule has 6 unspecified atom stereocenters. The zero-order valence-corrected chi connectivity index (χ0v) is 30.2. The predicted octanol–water partition coefficient (Wildman–Crippen LogP) is 0.322. The molecule has 13 nitrogen and oxygen atoms in total. The van der Waals surface area contributed by atoms with Gasteiger partial charge >= 0.3 is 21.1 Å². The van der Waals surface area contributed by atoms with Crippen molar-refractivity contribution >= 4 is 42.2 Å². The molecule has 3 aliphatic rings. The third kappa shape index (κ3) is 8.35. The molecule has 1 heterocycles. The van der Waals surface area contributed by atoms with Crippen molar-refractivity contribution in [1.29, 1.82) is 0 Å². The zero-order valence-electron chi connectivity index (χ0n) is 26.3. The van der Waals surface area contributed by atoms with Gasteiger partial charge in [-0.05, 0) is 44.9 Å². The molecule has 1 fully saturated rings. The average molecular weight is 883 g/mol. The van der Waals surface area contributed by atoms with Gasteiger partial charge in [0.2, 0.25) is 0 Å². The van der Waals surface area contributed by atoms with Gasteiger partial charge in [0.05, 0.1) is 31.0 Å². The van der Waals surface area contributed by atoms with Gasteiger partial charge in [-0.1, -0.05) is 23.6 Å². The molecule has 0 aromatic heterocycles. The summed E-state index contributed by atoms with van der Waals surface area (Å²) >= 11 is 0. The van der Waals surface area contributed by atoms with Crippen LogP contribution in [0, 0.1) is 0 Å². The number of ketones is 3. The molecule has 0 spiro atoms. The fourth-order valence-electron chi connectivity index (χ4n) is 5.71. The maximum Gasteiger partial charge on any atom is 2.00 e. The molecule has 0 bridgehead atoms. The van der Waals surface area contributed by atoms with E-state index in [0.717, 1.165) is 0 Å². The van der Waals surface area contributed by atoms with Crippen LogP contribution >= 0.6 is 24.8 Å². The molecular weight excluding hydrogens is 842 g/mol. The van der Waals surface area contributed by atoms with Gasteiger partial charge in [-0.3, -0.25) is 14.4 Å². The summed E-state index contributed by atoms with van der Waals surface area (Å²) in [6, 6.07) is 3.49. The third-order valence-electron chi connectivity index (χ3n) is 7.76. The minimum Gasteiger partial charge on any atom is -0.872 e. The molecule has 16 heteroatoms. The summed E-state index contributed by atoms with van der Waals surface area (Å²) in [6.45, 7) is 6.40. The Morgan fingerprint density at radius 1 is 1.11 bits per heavy atom. The molecule has 2 aromatic rings. The van der Waals surface area contributed by atoms with Gasteiger partial charge < -0.3 is 51.2 Å². The number of aliphatic hydroxyl groups is 3. The van der Waals surface area contributed by atoms with Gasteiger partial charge in [0.15, 0.2) is 23.6 Å². The van der Waals surface area contributed by atoms with E-state index < -0.39 is 95.7 Å². The Hall–Kier alpha value is -2.16. The van der Waals surface area contributed by atoms with Crippen LogP contribution in [0.15, 0.2) is 18.2 Å². The van der Waals surface area contributed by atoms with E-state index in [1.807, 2.05) is 20.8 Å². The number of halogens is 2. The number of benzene rings is 2. The Morgan fingerprint density at radius 3 is 2.21 bits per heavy atom. The normalized spacial score (nSPS) is 26.0. The first-order valence-corrected chi connectivity index (χ1v) is 14.2. The number of Topliss-reactive ketones (excluding diaryl/α,β-unsaturated/α-hetero) is 1. The summed E-state index contributed by atoms with van der Waals surface area (Å²) in [7, 11) is 1.29. The number of hydrogen-bond acceptors (Lipinski definition) is 13. The van der Waals surface area contributed by atoms with Crippen LogP contribution in [0.2, 0.25) is 0 Å². The van der Waals surface area contributed by atoms with Gasteiger partial charge in [-0.2, -0.15) is 0 Å². The van der Waals surface area contributed by atoms with Gasteiger partial charge in [0, 0.05) is 47.5 Å². The Balaban J connectivity index is 0.00000129. The third-order valence-corrected chi connectivity index (χ3v) is 7.76. The monoisotopic (exact) mass is 881 g/mol. The number of aliphatic hydroxyl groups excluding tert-OH is 2. The Bertz CT molecular complexity index is 1490. The van der Waals surface area contributed by atoms with E-state index in [9.17, 15) is 39.9 Å². The Kier molecular flexibility index (Phi) is 14.6. The number of fused-ring (bicyclic) bond motifs is 3. The molecule has 0 radical (unpaired) electrons. The first-order valence-electron chi connectivity index (χ1n) is 14.2. The summed E-state index contributed by atoms with van der Waals surface area (Å²) in [5.41, 5.74) is 6.81. The van der Waals surface area contributed by atoms with Crippen LogP contribution in [0.25, 0.3) is 0 Å². The second-order valence-electron chi connectivity index (χ2n) is 12.5. The smallest absolute Gasteiger partial charge is 0.872 e. The molecule has 5 rings (SSSR count). The summed E-state index contributed by atoms with van der Waals surface area (Å²) in [4.78, 5) is 39.6. The van der Waals surface area contributed by atoms with E-state index in [-0.39, 0.29) is 85.8 Å². The molecule has 0 amide bonds. The van der Waals surface area contributed by atoms with Gasteiger partial charge in [0.1, 0.15) is 18.0 Å². The van der Waals surface area contributed by atoms with E-state index in [1.54, 1.807) is 6.92 Å². The summed E-state index contributed by atoms with van der Waals surface area (Å²) in [5, 5.41) is 58.4. The van der Waals surface area contributed by atoms with E-state index in [4.69, 9.17) is 25.7 Å². The number of hydrogen-bond donors (Lipinski definition) is 5. The van der Waals surface area contributed by atoms with Crippen LogP contribution in [0.5, 0.6) is 17.2 Å². The minimum atomic E-state index is -2.31. The van der Waals surface area contributed by atoms with Crippen LogP contribution in [0.1, 0.15) is 89.6 Å². The number of methoxy groups -OCH3 is 1. The van der Waals surface area contributed by atoms with Crippen LogP contribution in [0.4, 0.5) is 0 Å². The molecule has 6 atom stereocenters. The Labute approximate surface area is 299 Å². The molecule has 1 aliphatic heterocycles. The second kappa shape index (κ2) is 16.0. The van der Waals surface area contributed by atoms with Crippen molar-refractivity contribution in [3.05, 3.63) is 51.6 Å². The van der Waals surface area contributed by atoms with Crippen LogP contribution < -0.4 is 26.4 Å². The largest absolute Gasteiger partial charge is 2.00 e. The molecule has 264 valence electrons. The van der Waals surface area contributed by atoms with Crippen molar-refractivity contribution in [2.45, 2.75) is 88.7 Å². The van der Waals surface area contributed by atoms with E-state index in [0.29, 0.717) is 0 Å². The molecule has 0 saturated carbocycles. The number of carbonyl (C=O) groups is 3. The van der Waals surface area contributed by atoms with Crippen LogP contribution in [0.3, 0.4) is 0 Å². The fourth-order valence-corrected chi connectivity index (χ4v) is 5.71. The number of ether oxygens (including phenoxy) is 3. The molecular formula is C31H40Cl2N2O11Pt. The van der Waals surface area contributed by atoms with Crippen molar-refractivity contribution in [2.24, 2.45) is 11.5 Å². The maximum absolute atomic E-state index is 13.9. The molecule has 7 N–H and O–H groups in total. The first kappa shape index (κ1) is 42.9. The van der Waals surface area contributed by atoms with E-state index >= 15 is 0 Å². The van der Waals surface area contributed by atoms with Crippen LogP contribution in [-0.2, 0) is 41.8 Å². The topological polar surface area (TPSA) is 238 Å². The number of nitrogens with two attached hydrogens (primary N) is 2. The number of rotatable bonds is 5. The maximum atomic E-state index is 13.9. The summed E-state index contributed by atoms with van der Waals surface area (Å²) < 4.78 is 16.9. The predicted molar refractivity (Wildman–Crippen MR) is 166 cm³/mol. The second-order valence-corrected chi connectivity index (χ2v) is 12.5. The number of carbonyl (C=O) groups excluding carboxylic acids is 3.